The Morgan fingerprint density at radius 3 is 2.47 bits per heavy atom. The minimum Gasteiger partial charge on any atom is -0.493 e. The molecule has 160 valence electrons. The van der Waals surface area contributed by atoms with Crippen LogP contribution in [-0.2, 0) is 13.2 Å². The van der Waals surface area contributed by atoms with Crippen LogP contribution in [0.5, 0.6) is 11.5 Å². The largest absolute Gasteiger partial charge is 0.493 e. The highest BCUT2D eigenvalue weighted by molar-refractivity contribution is 7.99. The van der Waals surface area contributed by atoms with E-state index in [1.807, 2.05) is 42.5 Å². The maximum Gasteiger partial charge on any atom is 0.187 e. The van der Waals surface area contributed by atoms with Gasteiger partial charge in [-0.05, 0) is 54.4 Å². The molecule has 2 aromatic carbocycles. The van der Waals surface area contributed by atoms with Gasteiger partial charge < -0.3 is 14.8 Å². The van der Waals surface area contributed by atoms with Gasteiger partial charge in [0.1, 0.15) is 6.61 Å². The summed E-state index contributed by atoms with van der Waals surface area (Å²) in [4.78, 5) is 8.42. The summed E-state index contributed by atoms with van der Waals surface area (Å²) in [7, 11) is 1.66. The molecule has 0 unspecified atom stereocenters. The molecule has 0 saturated carbocycles. The van der Waals surface area contributed by atoms with Gasteiger partial charge in [-0.25, -0.2) is 9.97 Å². The van der Waals surface area contributed by atoms with Crippen LogP contribution in [0, 0.1) is 0 Å². The minimum absolute atomic E-state index is 0. The molecule has 5 nitrogen and oxygen atoms in total. The number of thioether (sulfide) groups is 1. The molecule has 0 spiro atoms. The van der Waals surface area contributed by atoms with Crippen molar-refractivity contribution in [1.82, 2.24) is 15.3 Å². The van der Waals surface area contributed by atoms with E-state index in [4.69, 9.17) is 21.1 Å². The SMILES string of the molecule is COc1cc(CNCCCSc2ncccn2)ccc1OCc1ccc(Cl)cc1.Cl. The maximum absolute atomic E-state index is 5.92. The van der Waals surface area contributed by atoms with E-state index in [-0.39, 0.29) is 12.4 Å². The van der Waals surface area contributed by atoms with Crippen molar-refractivity contribution in [1.29, 1.82) is 0 Å². The van der Waals surface area contributed by atoms with Crippen LogP contribution in [0.1, 0.15) is 17.5 Å². The maximum atomic E-state index is 5.92. The Labute approximate surface area is 193 Å². The molecular formula is C22H25Cl2N3O2S. The number of hydrogen-bond acceptors (Lipinski definition) is 6. The lowest BCUT2D eigenvalue weighted by Crippen LogP contribution is -2.15. The fraction of sp³-hybridized carbons (Fsp3) is 0.273. The van der Waals surface area contributed by atoms with Crippen molar-refractivity contribution in [3.8, 4) is 11.5 Å². The summed E-state index contributed by atoms with van der Waals surface area (Å²) in [5, 5.41) is 5.00. The smallest absolute Gasteiger partial charge is 0.187 e. The molecule has 30 heavy (non-hydrogen) atoms. The fourth-order valence-corrected chi connectivity index (χ4v) is 3.50. The Morgan fingerprint density at radius 1 is 1.00 bits per heavy atom. The van der Waals surface area contributed by atoms with Crippen LogP contribution in [0.3, 0.4) is 0 Å². The number of methoxy groups -OCH3 is 1. The summed E-state index contributed by atoms with van der Waals surface area (Å²) < 4.78 is 11.4. The zero-order valence-electron chi connectivity index (χ0n) is 16.7. The zero-order valence-corrected chi connectivity index (χ0v) is 19.1. The number of nitrogens with one attached hydrogen (secondary N) is 1. The standard InChI is InChI=1S/C22H24ClN3O2S.ClH/c1-27-21-14-18(15-24-10-3-13-29-22-25-11-2-12-26-22)6-9-20(21)28-16-17-4-7-19(23)8-5-17;/h2,4-9,11-12,14,24H,3,10,13,15-16H2,1H3;1H. The summed E-state index contributed by atoms with van der Waals surface area (Å²) in [5.41, 5.74) is 2.21. The molecule has 1 heterocycles. The molecule has 0 atom stereocenters. The molecule has 1 aromatic heterocycles. The van der Waals surface area contributed by atoms with Crippen LogP contribution < -0.4 is 14.8 Å². The van der Waals surface area contributed by atoms with Gasteiger partial charge >= 0.3 is 0 Å². The van der Waals surface area contributed by atoms with Gasteiger partial charge in [0, 0.05) is 29.7 Å². The first kappa shape index (κ1) is 24.3. The van der Waals surface area contributed by atoms with Crippen molar-refractivity contribution in [2.24, 2.45) is 0 Å². The molecule has 0 amide bonds. The Bertz CT molecular complexity index is 883. The first-order valence-corrected chi connectivity index (χ1v) is 10.8. The predicted molar refractivity (Wildman–Crippen MR) is 125 cm³/mol. The average molecular weight is 466 g/mol. The van der Waals surface area contributed by atoms with Gasteiger partial charge in [-0.2, -0.15) is 0 Å². The highest BCUT2D eigenvalue weighted by atomic mass is 35.5. The number of halogens is 2. The Hall–Kier alpha value is -1.99. The highest BCUT2D eigenvalue weighted by Gasteiger charge is 2.06. The van der Waals surface area contributed by atoms with Crippen molar-refractivity contribution in [2.45, 2.75) is 24.7 Å². The van der Waals surface area contributed by atoms with Crippen LogP contribution in [0.25, 0.3) is 0 Å². The van der Waals surface area contributed by atoms with Crippen molar-refractivity contribution in [3.63, 3.8) is 0 Å². The summed E-state index contributed by atoms with van der Waals surface area (Å²) in [6.45, 7) is 2.17. The lowest BCUT2D eigenvalue weighted by atomic mass is 10.2. The van der Waals surface area contributed by atoms with E-state index in [0.717, 1.165) is 58.1 Å². The predicted octanol–water partition coefficient (Wildman–Crippen LogP) is 5.41. The third kappa shape index (κ3) is 8.03. The molecule has 0 radical (unpaired) electrons. The molecule has 0 aliphatic rings. The summed E-state index contributed by atoms with van der Waals surface area (Å²) in [5.74, 6) is 2.44. The summed E-state index contributed by atoms with van der Waals surface area (Å²) in [6.07, 6.45) is 4.58. The van der Waals surface area contributed by atoms with E-state index in [9.17, 15) is 0 Å². The van der Waals surface area contributed by atoms with Crippen molar-refractivity contribution >= 4 is 35.8 Å². The van der Waals surface area contributed by atoms with Crippen molar-refractivity contribution in [2.75, 3.05) is 19.4 Å². The van der Waals surface area contributed by atoms with E-state index in [1.165, 1.54) is 0 Å². The summed E-state index contributed by atoms with van der Waals surface area (Å²) >= 11 is 7.59. The van der Waals surface area contributed by atoms with Crippen molar-refractivity contribution < 1.29 is 9.47 Å². The van der Waals surface area contributed by atoms with Gasteiger partial charge in [-0.1, -0.05) is 41.6 Å². The average Bonchev–Trinajstić information content (AvgIpc) is 2.77. The third-order valence-electron chi connectivity index (χ3n) is 4.14. The van der Waals surface area contributed by atoms with E-state index >= 15 is 0 Å². The normalized spacial score (nSPS) is 10.3. The number of nitrogens with zero attached hydrogens (tertiary/aromatic N) is 2. The Kier molecular flexibility index (Phi) is 10.8. The van der Waals surface area contributed by atoms with Gasteiger partial charge in [-0.15, -0.1) is 12.4 Å². The third-order valence-corrected chi connectivity index (χ3v) is 5.35. The van der Waals surface area contributed by atoms with Gasteiger partial charge in [0.25, 0.3) is 0 Å². The first-order chi connectivity index (χ1) is 14.2. The van der Waals surface area contributed by atoms with Crippen LogP contribution in [0.4, 0.5) is 0 Å². The van der Waals surface area contributed by atoms with E-state index < -0.39 is 0 Å². The number of ether oxygens (including phenoxy) is 2. The van der Waals surface area contributed by atoms with Gasteiger partial charge in [0.05, 0.1) is 7.11 Å². The Balaban J connectivity index is 0.00000320. The van der Waals surface area contributed by atoms with E-state index in [2.05, 4.69) is 21.4 Å². The molecule has 3 rings (SSSR count). The second kappa shape index (κ2) is 13.3. The fourth-order valence-electron chi connectivity index (χ4n) is 2.64. The monoisotopic (exact) mass is 465 g/mol. The molecular weight excluding hydrogens is 441 g/mol. The Morgan fingerprint density at radius 2 is 1.73 bits per heavy atom. The zero-order chi connectivity index (χ0) is 20.3. The second-order valence-corrected chi connectivity index (χ2v) is 7.81. The number of benzene rings is 2. The van der Waals surface area contributed by atoms with Crippen LogP contribution in [0.2, 0.25) is 5.02 Å². The summed E-state index contributed by atoms with van der Waals surface area (Å²) in [6, 6.07) is 15.5. The molecule has 1 N–H and O–H groups in total. The molecule has 0 aliphatic heterocycles. The van der Waals surface area contributed by atoms with Gasteiger partial charge in [-0.3, -0.25) is 0 Å². The van der Waals surface area contributed by atoms with E-state index in [0.29, 0.717) is 6.61 Å². The second-order valence-electron chi connectivity index (χ2n) is 6.31. The van der Waals surface area contributed by atoms with Gasteiger partial charge in [0.15, 0.2) is 16.7 Å². The number of hydrogen-bond donors (Lipinski definition) is 1. The quantitative estimate of drug-likeness (QED) is 0.232. The molecule has 0 bridgehead atoms. The van der Waals surface area contributed by atoms with E-state index in [1.54, 1.807) is 31.3 Å². The molecule has 8 heteroatoms. The first-order valence-electron chi connectivity index (χ1n) is 9.39. The minimum atomic E-state index is 0. The van der Waals surface area contributed by atoms with Crippen molar-refractivity contribution in [3.05, 3.63) is 77.1 Å². The molecule has 0 aliphatic carbocycles. The van der Waals surface area contributed by atoms with Crippen LogP contribution in [-0.4, -0.2) is 29.4 Å². The topological polar surface area (TPSA) is 56.3 Å². The van der Waals surface area contributed by atoms with Crippen LogP contribution in [0.15, 0.2) is 66.1 Å². The number of rotatable bonds is 11. The highest BCUT2D eigenvalue weighted by Crippen LogP contribution is 2.29. The van der Waals surface area contributed by atoms with Gasteiger partial charge in [0.2, 0.25) is 0 Å². The number of aromatic nitrogens is 2. The lowest BCUT2D eigenvalue weighted by molar-refractivity contribution is 0.284. The molecule has 0 saturated heterocycles. The molecule has 0 fully saturated rings. The lowest BCUT2D eigenvalue weighted by Gasteiger charge is -2.13. The van der Waals surface area contributed by atoms with Crippen LogP contribution >= 0.6 is 35.8 Å². The molecule has 3 aromatic rings.